The summed E-state index contributed by atoms with van der Waals surface area (Å²) < 4.78 is 33.9. The lowest BCUT2D eigenvalue weighted by molar-refractivity contribution is 0.0979. The Balaban J connectivity index is 1.20. The van der Waals surface area contributed by atoms with Gasteiger partial charge in [-0.15, -0.1) is 0 Å². The molecule has 4 heterocycles. The van der Waals surface area contributed by atoms with Gasteiger partial charge in [0, 0.05) is 30.7 Å². The lowest BCUT2D eigenvalue weighted by Crippen LogP contribution is -2.41. The Labute approximate surface area is 197 Å². The van der Waals surface area contributed by atoms with E-state index >= 15 is 0 Å². The number of rotatable bonds is 5. The number of halogens is 2. The SMILES string of the molecule is Cc1cc2cnc(Nc3cnn(C4CC4(F)F)c3C)nc2cc1C1CCN(C2CCOC2)CC1. The third kappa shape index (κ3) is 3.94. The fourth-order valence-corrected chi connectivity index (χ4v) is 5.54. The molecule has 3 aliphatic rings. The summed E-state index contributed by atoms with van der Waals surface area (Å²) >= 11 is 0. The molecule has 0 radical (unpaired) electrons. The van der Waals surface area contributed by atoms with Crippen LogP contribution in [0.15, 0.2) is 24.5 Å². The first kappa shape index (κ1) is 21.9. The normalized spacial score (nSPS) is 25.2. The molecule has 2 unspecified atom stereocenters. The van der Waals surface area contributed by atoms with Crippen LogP contribution in [-0.2, 0) is 4.74 Å². The largest absolute Gasteiger partial charge is 0.380 e. The molecule has 9 heteroatoms. The number of hydrogen-bond donors (Lipinski definition) is 1. The first-order valence-electron chi connectivity index (χ1n) is 12.2. The molecule has 7 nitrogen and oxygen atoms in total. The molecule has 180 valence electrons. The van der Waals surface area contributed by atoms with Crippen molar-refractivity contribution in [2.45, 2.75) is 63.5 Å². The molecule has 2 atom stereocenters. The predicted molar refractivity (Wildman–Crippen MR) is 126 cm³/mol. The van der Waals surface area contributed by atoms with Crippen molar-refractivity contribution in [1.29, 1.82) is 0 Å². The molecular formula is C25H30F2N6O. The Morgan fingerprint density at radius 1 is 1.12 bits per heavy atom. The van der Waals surface area contributed by atoms with E-state index in [0.717, 1.165) is 56.5 Å². The first-order chi connectivity index (χ1) is 16.4. The van der Waals surface area contributed by atoms with Gasteiger partial charge in [-0.3, -0.25) is 9.58 Å². The van der Waals surface area contributed by atoms with Gasteiger partial charge in [0.1, 0.15) is 6.04 Å². The number of piperidine rings is 1. The second-order valence-corrected chi connectivity index (χ2v) is 9.98. The first-order valence-corrected chi connectivity index (χ1v) is 12.2. The lowest BCUT2D eigenvalue weighted by Gasteiger charge is -2.36. The molecule has 2 aromatic heterocycles. The smallest absolute Gasteiger partial charge is 0.272 e. The molecule has 1 N–H and O–H groups in total. The number of aryl methyl sites for hydroxylation is 1. The standard InChI is InChI=1S/C25H30F2N6O/c1-15-9-18-12-28-24(31-22-13-29-33(16(22)2)23-11-25(23,26)27)30-21(18)10-20(15)17-3-6-32(7-4-17)19-5-8-34-14-19/h9-10,12-13,17,19,23H,3-8,11,14H2,1-2H3,(H,28,30,31). The van der Waals surface area contributed by atoms with E-state index in [2.05, 4.69) is 39.4 Å². The molecule has 0 spiro atoms. The van der Waals surface area contributed by atoms with Gasteiger partial charge in [0.25, 0.3) is 5.92 Å². The van der Waals surface area contributed by atoms with Gasteiger partial charge in [-0.05, 0) is 75.4 Å². The number of fused-ring (bicyclic) bond motifs is 1. The number of benzene rings is 1. The van der Waals surface area contributed by atoms with Crippen LogP contribution in [0.2, 0.25) is 0 Å². The highest BCUT2D eigenvalue weighted by molar-refractivity contribution is 5.81. The van der Waals surface area contributed by atoms with Crippen molar-refractivity contribution in [2.24, 2.45) is 0 Å². The fraction of sp³-hybridized carbons (Fsp3) is 0.560. The van der Waals surface area contributed by atoms with Crippen LogP contribution in [-0.4, -0.2) is 62.9 Å². The number of alkyl halides is 2. The summed E-state index contributed by atoms with van der Waals surface area (Å²) in [5.41, 5.74) is 4.84. The Morgan fingerprint density at radius 2 is 1.91 bits per heavy atom. The number of likely N-dealkylation sites (tertiary alicyclic amines) is 1. The average Bonchev–Trinajstić information content (AvgIpc) is 3.17. The van der Waals surface area contributed by atoms with Gasteiger partial charge in [0.2, 0.25) is 5.95 Å². The van der Waals surface area contributed by atoms with Gasteiger partial charge in [-0.1, -0.05) is 0 Å². The Bertz CT molecular complexity index is 1210. The minimum atomic E-state index is -2.66. The predicted octanol–water partition coefficient (Wildman–Crippen LogP) is 4.74. The van der Waals surface area contributed by atoms with Crippen molar-refractivity contribution < 1.29 is 13.5 Å². The molecule has 1 aromatic carbocycles. The van der Waals surface area contributed by atoms with Crippen LogP contribution in [0.3, 0.4) is 0 Å². The van der Waals surface area contributed by atoms with E-state index in [0.29, 0.717) is 29.3 Å². The second kappa shape index (κ2) is 8.23. The van der Waals surface area contributed by atoms with Crippen LogP contribution >= 0.6 is 0 Å². The van der Waals surface area contributed by atoms with Crippen LogP contribution in [0, 0.1) is 13.8 Å². The van der Waals surface area contributed by atoms with Crippen molar-refractivity contribution in [3.05, 3.63) is 41.3 Å². The third-order valence-corrected chi connectivity index (χ3v) is 7.74. The zero-order chi connectivity index (χ0) is 23.4. The molecular weight excluding hydrogens is 438 g/mol. The van der Waals surface area contributed by atoms with Gasteiger partial charge in [-0.2, -0.15) is 5.10 Å². The summed E-state index contributed by atoms with van der Waals surface area (Å²) in [4.78, 5) is 11.8. The molecule has 2 saturated heterocycles. The quantitative estimate of drug-likeness (QED) is 0.584. The zero-order valence-corrected chi connectivity index (χ0v) is 19.6. The molecule has 3 fully saturated rings. The Hall–Kier alpha value is -2.65. The summed E-state index contributed by atoms with van der Waals surface area (Å²) in [6.45, 7) is 7.93. The second-order valence-electron chi connectivity index (χ2n) is 9.98. The molecule has 1 saturated carbocycles. The van der Waals surface area contributed by atoms with Crippen LogP contribution in [0.4, 0.5) is 20.4 Å². The van der Waals surface area contributed by atoms with Crippen LogP contribution < -0.4 is 5.32 Å². The molecule has 2 aliphatic heterocycles. The van der Waals surface area contributed by atoms with Gasteiger partial charge < -0.3 is 10.1 Å². The number of ether oxygens (including phenoxy) is 1. The number of nitrogens with one attached hydrogen (secondary N) is 1. The van der Waals surface area contributed by atoms with E-state index in [9.17, 15) is 8.78 Å². The van der Waals surface area contributed by atoms with E-state index in [1.807, 2.05) is 6.20 Å². The van der Waals surface area contributed by atoms with E-state index in [1.165, 1.54) is 15.8 Å². The minimum Gasteiger partial charge on any atom is -0.380 e. The maximum Gasteiger partial charge on any atom is 0.272 e. The number of hydrogen-bond acceptors (Lipinski definition) is 6. The fourth-order valence-electron chi connectivity index (χ4n) is 5.54. The van der Waals surface area contributed by atoms with Crippen LogP contribution in [0.25, 0.3) is 10.9 Å². The highest BCUT2D eigenvalue weighted by Crippen LogP contribution is 2.53. The number of nitrogens with zero attached hydrogens (tertiary/aromatic N) is 5. The Kier molecular flexibility index (Phi) is 5.29. The van der Waals surface area contributed by atoms with Gasteiger partial charge >= 0.3 is 0 Å². The molecule has 1 aliphatic carbocycles. The van der Waals surface area contributed by atoms with Crippen molar-refractivity contribution in [3.8, 4) is 0 Å². The average molecular weight is 469 g/mol. The molecule has 6 rings (SSSR count). The Morgan fingerprint density at radius 3 is 2.62 bits per heavy atom. The highest BCUT2D eigenvalue weighted by Gasteiger charge is 2.59. The van der Waals surface area contributed by atoms with Crippen molar-refractivity contribution >= 4 is 22.5 Å². The maximum atomic E-state index is 13.5. The van der Waals surface area contributed by atoms with Gasteiger partial charge in [-0.25, -0.2) is 18.7 Å². The monoisotopic (exact) mass is 468 g/mol. The topological polar surface area (TPSA) is 68.1 Å². The van der Waals surface area contributed by atoms with E-state index < -0.39 is 12.0 Å². The van der Waals surface area contributed by atoms with Crippen LogP contribution in [0.5, 0.6) is 0 Å². The van der Waals surface area contributed by atoms with Crippen molar-refractivity contribution in [2.75, 3.05) is 31.6 Å². The summed E-state index contributed by atoms with van der Waals surface area (Å²) in [6.07, 6.45) is 6.66. The number of anilines is 2. The lowest BCUT2D eigenvalue weighted by atomic mass is 9.85. The zero-order valence-electron chi connectivity index (χ0n) is 19.6. The summed E-state index contributed by atoms with van der Waals surface area (Å²) in [6, 6.07) is 4.11. The summed E-state index contributed by atoms with van der Waals surface area (Å²) in [5.74, 6) is -1.69. The van der Waals surface area contributed by atoms with E-state index in [1.54, 1.807) is 13.1 Å². The van der Waals surface area contributed by atoms with E-state index in [4.69, 9.17) is 9.72 Å². The summed E-state index contributed by atoms with van der Waals surface area (Å²) in [7, 11) is 0. The molecule has 34 heavy (non-hydrogen) atoms. The van der Waals surface area contributed by atoms with Gasteiger partial charge in [0.05, 0.1) is 29.7 Å². The van der Waals surface area contributed by atoms with E-state index in [-0.39, 0.29) is 6.42 Å². The molecule has 0 bridgehead atoms. The van der Waals surface area contributed by atoms with Crippen molar-refractivity contribution in [1.82, 2.24) is 24.6 Å². The van der Waals surface area contributed by atoms with Crippen LogP contribution in [0.1, 0.15) is 54.5 Å². The summed E-state index contributed by atoms with van der Waals surface area (Å²) in [5, 5.41) is 8.33. The molecule has 0 amide bonds. The van der Waals surface area contributed by atoms with Gasteiger partial charge in [0.15, 0.2) is 0 Å². The minimum absolute atomic E-state index is 0.156. The highest BCUT2D eigenvalue weighted by atomic mass is 19.3. The number of aromatic nitrogens is 4. The molecule has 3 aromatic rings. The van der Waals surface area contributed by atoms with Crippen molar-refractivity contribution in [3.63, 3.8) is 0 Å². The third-order valence-electron chi connectivity index (χ3n) is 7.74. The maximum absolute atomic E-state index is 13.5.